The molecule has 1 heterocycles. The van der Waals surface area contributed by atoms with E-state index in [1.54, 1.807) is 11.9 Å². The first-order valence-corrected chi connectivity index (χ1v) is 4.98. The first kappa shape index (κ1) is 10.2. The number of carbonyl (C=O) groups is 1. The van der Waals surface area contributed by atoms with Gasteiger partial charge in [-0.05, 0) is 18.8 Å². The second-order valence-electron chi connectivity index (χ2n) is 4.05. The summed E-state index contributed by atoms with van der Waals surface area (Å²) in [5, 5.41) is 9.12. The van der Waals surface area contributed by atoms with Crippen molar-refractivity contribution in [2.24, 2.45) is 5.92 Å². The van der Waals surface area contributed by atoms with Crippen molar-refractivity contribution >= 4 is 5.91 Å². The van der Waals surface area contributed by atoms with E-state index >= 15 is 0 Å². The number of aliphatic hydroxyl groups is 1. The average Bonchev–Trinajstić information content (AvgIpc) is 2.66. The zero-order valence-electron chi connectivity index (χ0n) is 8.59. The van der Waals surface area contributed by atoms with Gasteiger partial charge < -0.3 is 14.4 Å². The van der Waals surface area contributed by atoms with E-state index in [-0.39, 0.29) is 12.0 Å². The van der Waals surface area contributed by atoms with Crippen LogP contribution in [-0.2, 0) is 0 Å². The quantitative estimate of drug-likeness (QED) is 0.789. The van der Waals surface area contributed by atoms with E-state index in [1.165, 1.54) is 12.7 Å². The summed E-state index contributed by atoms with van der Waals surface area (Å²) >= 11 is 0. The Morgan fingerprint density at radius 2 is 2.47 bits per heavy atom. The lowest BCUT2D eigenvalue weighted by atomic mass is 9.82. The summed E-state index contributed by atoms with van der Waals surface area (Å²) in [5.74, 6) is 0.283. The molecule has 0 bridgehead atoms. The second-order valence-corrected chi connectivity index (χ2v) is 4.05. The number of oxazole rings is 1. The van der Waals surface area contributed by atoms with Crippen LogP contribution in [0.2, 0.25) is 0 Å². The molecule has 0 radical (unpaired) electrons. The molecule has 1 aliphatic rings. The van der Waals surface area contributed by atoms with E-state index in [2.05, 4.69) is 4.98 Å². The molecule has 1 N–H and O–H groups in total. The highest BCUT2D eigenvalue weighted by atomic mass is 16.3. The lowest BCUT2D eigenvalue weighted by Gasteiger charge is -2.34. The molecule has 15 heavy (non-hydrogen) atoms. The maximum atomic E-state index is 11.7. The predicted molar refractivity (Wildman–Crippen MR) is 52.2 cm³/mol. The van der Waals surface area contributed by atoms with Crippen LogP contribution in [0.5, 0.6) is 0 Å². The van der Waals surface area contributed by atoms with Gasteiger partial charge in [0.15, 0.2) is 12.1 Å². The van der Waals surface area contributed by atoms with Gasteiger partial charge in [-0.25, -0.2) is 4.98 Å². The van der Waals surface area contributed by atoms with Gasteiger partial charge in [0, 0.05) is 13.6 Å². The molecule has 1 fully saturated rings. The third kappa shape index (κ3) is 2.18. The molecule has 0 aromatic carbocycles. The second kappa shape index (κ2) is 4.02. The van der Waals surface area contributed by atoms with E-state index in [0.717, 1.165) is 12.8 Å². The summed E-state index contributed by atoms with van der Waals surface area (Å²) in [6.07, 6.45) is 3.99. The largest absolute Gasteiger partial charge is 0.451 e. The van der Waals surface area contributed by atoms with Crippen molar-refractivity contribution in [3.05, 3.63) is 18.4 Å². The number of aromatic nitrogens is 1. The molecule has 0 saturated heterocycles. The van der Waals surface area contributed by atoms with Crippen LogP contribution in [0.3, 0.4) is 0 Å². The molecule has 5 heteroatoms. The van der Waals surface area contributed by atoms with Gasteiger partial charge in [-0.1, -0.05) is 0 Å². The van der Waals surface area contributed by atoms with Gasteiger partial charge in [0.2, 0.25) is 0 Å². The van der Waals surface area contributed by atoms with E-state index in [0.29, 0.717) is 18.2 Å². The summed E-state index contributed by atoms with van der Waals surface area (Å²) in [7, 11) is 1.74. The van der Waals surface area contributed by atoms with Crippen molar-refractivity contribution in [3.8, 4) is 0 Å². The van der Waals surface area contributed by atoms with Crippen LogP contribution in [0.25, 0.3) is 0 Å². The molecule has 0 atom stereocenters. The summed E-state index contributed by atoms with van der Waals surface area (Å²) in [6, 6.07) is 0. The number of amides is 1. The van der Waals surface area contributed by atoms with Crippen LogP contribution in [0, 0.1) is 5.92 Å². The fraction of sp³-hybridized carbons (Fsp3) is 0.600. The van der Waals surface area contributed by atoms with Crippen molar-refractivity contribution in [1.82, 2.24) is 9.88 Å². The molecule has 5 nitrogen and oxygen atoms in total. The minimum absolute atomic E-state index is 0.134. The van der Waals surface area contributed by atoms with Gasteiger partial charge in [-0.15, -0.1) is 0 Å². The molecule has 0 aliphatic heterocycles. The van der Waals surface area contributed by atoms with E-state index in [9.17, 15) is 4.79 Å². The molecular formula is C10H14N2O3. The Balaban J connectivity index is 1.86. The van der Waals surface area contributed by atoms with Crippen LogP contribution in [0.4, 0.5) is 0 Å². The lowest BCUT2D eigenvalue weighted by Crippen LogP contribution is -2.39. The molecule has 1 amide bonds. The number of rotatable bonds is 3. The standard InChI is InChI=1S/C10H14N2O3/c1-12(4-7-2-8(13)3-7)10(14)9-5-15-6-11-9/h5-8,13H,2-4H2,1H3. The van der Waals surface area contributed by atoms with Gasteiger partial charge in [0.05, 0.1) is 6.10 Å². The van der Waals surface area contributed by atoms with Gasteiger partial charge in [-0.2, -0.15) is 0 Å². The average molecular weight is 210 g/mol. The van der Waals surface area contributed by atoms with Crippen LogP contribution >= 0.6 is 0 Å². The molecule has 1 saturated carbocycles. The highest BCUT2D eigenvalue weighted by molar-refractivity contribution is 5.91. The van der Waals surface area contributed by atoms with Crippen LogP contribution < -0.4 is 0 Å². The summed E-state index contributed by atoms with van der Waals surface area (Å²) < 4.78 is 4.75. The van der Waals surface area contributed by atoms with Crippen LogP contribution in [0.1, 0.15) is 23.3 Å². The molecular weight excluding hydrogens is 196 g/mol. The third-order valence-corrected chi connectivity index (χ3v) is 2.74. The minimum atomic E-state index is -0.175. The Kier molecular flexibility index (Phi) is 2.73. The Morgan fingerprint density at radius 3 is 3.00 bits per heavy atom. The van der Waals surface area contributed by atoms with E-state index < -0.39 is 0 Å². The van der Waals surface area contributed by atoms with Crippen molar-refractivity contribution in [1.29, 1.82) is 0 Å². The minimum Gasteiger partial charge on any atom is -0.451 e. The fourth-order valence-electron chi connectivity index (χ4n) is 1.83. The number of carbonyl (C=O) groups excluding carboxylic acids is 1. The number of hydrogen-bond donors (Lipinski definition) is 1. The molecule has 1 aliphatic carbocycles. The fourth-order valence-corrected chi connectivity index (χ4v) is 1.83. The third-order valence-electron chi connectivity index (χ3n) is 2.74. The normalized spacial score (nSPS) is 24.7. The topological polar surface area (TPSA) is 66.6 Å². The zero-order chi connectivity index (χ0) is 10.8. The summed E-state index contributed by atoms with van der Waals surface area (Å²) in [6.45, 7) is 0.669. The highest BCUT2D eigenvalue weighted by Gasteiger charge is 2.29. The van der Waals surface area contributed by atoms with E-state index in [1.807, 2.05) is 0 Å². The molecule has 82 valence electrons. The monoisotopic (exact) mass is 210 g/mol. The van der Waals surface area contributed by atoms with Gasteiger partial charge in [-0.3, -0.25) is 4.79 Å². The van der Waals surface area contributed by atoms with Gasteiger partial charge >= 0.3 is 0 Å². The maximum Gasteiger partial charge on any atom is 0.275 e. The summed E-state index contributed by atoms with van der Waals surface area (Å²) in [5.41, 5.74) is 0.331. The van der Waals surface area contributed by atoms with Crippen molar-refractivity contribution < 1.29 is 14.3 Å². The van der Waals surface area contributed by atoms with Crippen molar-refractivity contribution in [2.75, 3.05) is 13.6 Å². The molecule has 1 aromatic rings. The molecule has 0 unspecified atom stereocenters. The SMILES string of the molecule is CN(CC1CC(O)C1)C(=O)c1cocn1. The lowest BCUT2D eigenvalue weighted by molar-refractivity contribution is 0.0264. The number of nitrogens with zero attached hydrogens (tertiary/aromatic N) is 2. The Labute approximate surface area is 87.7 Å². The van der Waals surface area contributed by atoms with Gasteiger partial charge in [0.25, 0.3) is 5.91 Å². The van der Waals surface area contributed by atoms with Crippen LogP contribution in [0.15, 0.2) is 17.1 Å². The van der Waals surface area contributed by atoms with Gasteiger partial charge in [0.1, 0.15) is 6.26 Å². The first-order chi connectivity index (χ1) is 7.16. The zero-order valence-corrected chi connectivity index (χ0v) is 8.59. The maximum absolute atomic E-state index is 11.7. The van der Waals surface area contributed by atoms with Crippen molar-refractivity contribution in [3.63, 3.8) is 0 Å². The Morgan fingerprint density at radius 1 is 1.73 bits per heavy atom. The van der Waals surface area contributed by atoms with E-state index in [4.69, 9.17) is 9.52 Å². The highest BCUT2D eigenvalue weighted by Crippen LogP contribution is 2.27. The number of aliphatic hydroxyl groups excluding tert-OH is 1. The Hall–Kier alpha value is -1.36. The van der Waals surface area contributed by atoms with Crippen molar-refractivity contribution in [2.45, 2.75) is 18.9 Å². The summed E-state index contributed by atoms with van der Waals surface area (Å²) in [4.78, 5) is 17.1. The smallest absolute Gasteiger partial charge is 0.275 e. The number of hydrogen-bond acceptors (Lipinski definition) is 4. The predicted octanol–water partition coefficient (Wildman–Crippen LogP) is 0.518. The molecule has 1 aromatic heterocycles. The Bertz CT molecular complexity index is 330. The van der Waals surface area contributed by atoms with Crippen LogP contribution in [-0.4, -0.2) is 40.6 Å². The molecule has 0 spiro atoms. The molecule has 2 rings (SSSR count). The first-order valence-electron chi connectivity index (χ1n) is 4.98.